The summed E-state index contributed by atoms with van der Waals surface area (Å²) in [6, 6.07) is 23.0. The first-order valence-electron chi connectivity index (χ1n) is 9.23. The fourth-order valence-electron chi connectivity index (χ4n) is 2.67. The molecule has 3 rings (SSSR count). The maximum Gasteiger partial charge on any atom is 0.225 e. The van der Waals surface area contributed by atoms with E-state index in [1.807, 2.05) is 30.3 Å². The van der Waals surface area contributed by atoms with Gasteiger partial charge in [-0.05, 0) is 25.3 Å². The number of hydrogen-bond donors (Lipinski definition) is 2. The number of benzene rings is 2. The molecule has 2 aromatic carbocycles. The Labute approximate surface area is 155 Å². The van der Waals surface area contributed by atoms with E-state index in [-0.39, 0.29) is 0 Å². The van der Waals surface area contributed by atoms with Crippen molar-refractivity contribution in [3.05, 3.63) is 72.3 Å². The first-order chi connectivity index (χ1) is 12.7. The van der Waals surface area contributed by atoms with Gasteiger partial charge in [-0.25, -0.2) is 4.98 Å². The van der Waals surface area contributed by atoms with Gasteiger partial charge in [-0.15, -0.1) is 0 Å². The molecule has 0 bridgehead atoms. The molecule has 1 heterocycles. The van der Waals surface area contributed by atoms with Gasteiger partial charge in [-0.1, -0.05) is 67.6 Å². The third-order valence-electron chi connectivity index (χ3n) is 4.34. The van der Waals surface area contributed by atoms with Gasteiger partial charge in [0.25, 0.3) is 0 Å². The summed E-state index contributed by atoms with van der Waals surface area (Å²) in [4.78, 5) is 9.35. The Morgan fingerprint density at radius 2 is 1.62 bits per heavy atom. The quantitative estimate of drug-likeness (QED) is 0.602. The number of aromatic nitrogens is 2. The standard InChI is InChI=1S/C22H26N4/c1-3-17(2)24-21-16-20(19-12-8-5-9-13-19)25-22(26-21)23-15-14-18-10-6-4-7-11-18/h4-13,16-17H,3,14-15H2,1-2H3,(H2,23,24,25,26). The predicted octanol–water partition coefficient (Wildman–Crippen LogP) is 5.01. The van der Waals surface area contributed by atoms with Gasteiger partial charge in [-0.2, -0.15) is 4.98 Å². The van der Waals surface area contributed by atoms with Crippen molar-refractivity contribution in [3.8, 4) is 11.3 Å². The van der Waals surface area contributed by atoms with E-state index in [9.17, 15) is 0 Å². The van der Waals surface area contributed by atoms with Crippen LogP contribution in [0.5, 0.6) is 0 Å². The number of nitrogens with one attached hydrogen (secondary N) is 2. The largest absolute Gasteiger partial charge is 0.367 e. The van der Waals surface area contributed by atoms with Gasteiger partial charge < -0.3 is 10.6 Å². The fourth-order valence-corrected chi connectivity index (χ4v) is 2.67. The second-order valence-corrected chi connectivity index (χ2v) is 6.44. The van der Waals surface area contributed by atoms with Crippen molar-refractivity contribution in [3.63, 3.8) is 0 Å². The SMILES string of the molecule is CCC(C)Nc1cc(-c2ccccc2)nc(NCCc2ccccc2)n1. The zero-order chi connectivity index (χ0) is 18.2. The molecule has 0 aliphatic rings. The first kappa shape index (κ1) is 17.9. The monoisotopic (exact) mass is 346 g/mol. The first-order valence-corrected chi connectivity index (χ1v) is 9.23. The lowest BCUT2D eigenvalue weighted by Gasteiger charge is -2.15. The van der Waals surface area contributed by atoms with Gasteiger partial charge in [-0.3, -0.25) is 0 Å². The van der Waals surface area contributed by atoms with Crippen molar-refractivity contribution in [1.82, 2.24) is 9.97 Å². The van der Waals surface area contributed by atoms with Crippen molar-refractivity contribution in [2.45, 2.75) is 32.7 Å². The maximum atomic E-state index is 4.71. The van der Waals surface area contributed by atoms with Gasteiger partial charge in [0.15, 0.2) is 0 Å². The Hall–Kier alpha value is -2.88. The molecule has 0 saturated carbocycles. The molecule has 0 amide bonds. The van der Waals surface area contributed by atoms with Crippen molar-refractivity contribution < 1.29 is 0 Å². The number of rotatable bonds is 8. The highest BCUT2D eigenvalue weighted by Gasteiger charge is 2.08. The average molecular weight is 346 g/mol. The van der Waals surface area contributed by atoms with Gasteiger partial charge in [0.2, 0.25) is 5.95 Å². The van der Waals surface area contributed by atoms with E-state index < -0.39 is 0 Å². The fraction of sp³-hybridized carbons (Fsp3) is 0.273. The van der Waals surface area contributed by atoms with Crippen molar-refractivity contribution in [2.75, 3.05) is 17.2 Å². The number of hydrogen-bond acceptors (Lipinski definition) is 4. The van der Waals surface area contributed by atoms with Crippen LogP contribution in [0.1, 0.15) is 25.8 Å². The van der Waals surface area contributed by atoms with Crippen LogP contribution in [0, 0.1) is 0 Å². The molecule has 26 heavy (non-hydrogen) atoms. The zero-order valence-electron chi connectivity index (χ0n) is 15.4. The Kier molecular flexibility index (Phi) is 6.20. The molecule has 0 spiro atoms. The van der Waals surface area contributed by atoms with Crippen molar-refractivity contribution in [2.24, 2.45) is 0 Å². The lowest BCUT2D eigenvalue weighted by Crippen LogP contribution is -2.16. The minimum absolute atomic E-state index is 0.366. The van der Waals surface area contributed by atoms with E-state index in [0.717, 1.165) is 36.5 Å². The van der Waals surface area contributed by atoms with E-state index in [4.69, 9.17) is 4.98 Å². The van der Waals surface area contributed by atoms with Crippen LogP contribution in [0.3, 0.4) is 0 Å². The van der Waals surface area contributed by atoms with E-state index in [2.05, 4.69) is 65.9 Å². The minimum Gasteiger partial charge on any atom is -0.367 e. The number of anilines is 2. The normalized spacial score (nSPS) is 11.8. The summed E-state index contributed by atoms with van der Waals surface area (Å²) < 4.78 is 0. The highest BCUT2D eigenvalue weighted by atomic mass is 15.1. The second kappa shape index (κ2) is 8.99. The molecule has 4 heteroatoms. The Morgan fingerprint density at radius 1 is 0.923 bits per heavy atom. The summed E-state index contributed by atoms with van der Waals surface area (Å²) in [6.45, 7) is 5.12. The van der Waals surface area contributed by atoms with Crippen LogP contribution in [0.2, 0.25) is 0 Å². The van der Waals surface area contributed by atoms with E-state index >= 15 is 0 Å². The Balaban J connectivity index is 1.77. The van der Waals surface area contributed by atoms with Crippen LogP contribution < -0.4 is 10.6 Å². The molecule has 0 fully saturated rings. The summed E-state index contributed by atoms with van der Waals surface area (Å²) in [5, 5.41) is 6.83. The molecule has 3 aromatic rings. The van der Waals surface area contributed by atoms with Crippen LogP contribution in [-0.2, 0) is 6.42 Å². The third-order valence-corrected chi connectivity index (χ3v) is 4.34. The molecule has 2 N–H and O–H groups in total. The van der Waals surface area contributed by atoms with E-state index in [1.165, 1.54) is 5.56 Å². The van der Waals surface area contributed by atoms with Gasteiger partial charge in [0.05, 0.1) is 5.69 Å². The average Bonchev–Trinajstić information content (AvgIpc) is 2.69. The third kappa shape index (κ3) is 5.06. The maximum absolute atomic E-state index is 4.71. The Morgan fingerprint density at radius 3 is 2.31 bits per heavy atom. The highest BCUT2D eigenvalue weighted by Crippen LogP contribution is 2.22. The zero-order valence-corrected chi connectivity index (χ0v) is 15.4. The lowest BCUT2D eigenvalue weighted by molar-refractivity contribution is 0.758. The topological polar surface area (TPSA) is 49.8 Å². The van der Waals surface area contributed by atoms with Crippen molar-refractivity contribution in [1.29, 1.82) is 0 Å². The van der Waals surface area contributed by atoms with E-state index in [1.54, 1.807) is 0 Å². The summed E-state index contributed by atoms with van der Waals surface area (Å²) >= 11 is 0. The van der Waals surface area contributed by atoms with Gasteiger partial charge in [0.1, 0.15) is 5.82 Å². The summed E-state index contributed by atoms with van der Waals surface area (Å²) in [6.07, 6.45) is 1.98. The molecule has 0 aliphatic carbocycles. The summed E-state index contributed by atoms with van der Waals surface area (Å²) in [7, 11) is 0. The summed E-state index contributed by atoms with van der Waals surface area (Å²) in [5.74, 6) is 1.52. The molecule has 1 unspecified atom stereocenters. The highest BCUT2D eigenvalue weighted by molar-refractivity contribution is 5.64. The molecule has 0 radical (unpaired) electrons. The van der Waals surface area contributed by atoms with Crippen LogP contribution in [0.15, 0.2) is 66.7 Å². The van der Waals surface area contributed by atoms with Gasteiger partial charge >= 0.3 is 0 Å². The molecule has 4 nitrogen and oxygen atoms in total. The summed E-state index contributed by atoms with van der Waals surface area (Å²) in [5.41, 5.74) is 3.32. The molecule has 1 aromatic heterocycles. The van der Waals surface area contributed by atoms with Crippen LogP contribution >= 0.6 is 0 Å². The molecule has 134 valence electrons. The second-order valence-electron chi connectivity index (χ2n) is 6.44. The van der Waals surface area contributed by atoms with Crippen LogP contribution in [0.4, 0.5) is 11.8 Å². The minimum atomic E-state index is 0.366. The van der Waals surface area contributed by atoms with Gasteiger partial charge in [0, 0.05) is 24.2 Å². The van der Waals surface area contributed by atoms with Crippen LogP contribution in [0.25, 0.3) is 11.3 Å². The predicted molar refractivity (Wildman–Crippen MR) is 109 cm³/mol. The van der Waals surface area contributed by atoms with Crippen LogP contribution in [-0.4, -0.2) is 22.6 Å². The number of nitrogens with zero attached hydrogens (tertiary/aromatic N) is 2. The van der Waals surface area contributed by atoms with Crippen molar-refractivity contribution >= 4 is 11.8 Å². The molecular formula is C22H26N4. The smallest absolute Gasteiger partial charge is 0.225 e. The lowest BCUT2D eigenvalue weighted by atomic mass is 10.1. The molecule has 1 atom stereocenters. The molecule has 0 aliphatic heterocycles. The molecular weight excluding hydrogens is 320 g/mol. The molecule has 0 saturated heterocycles. The Bertz CT molecular complexity index is 803. The van der Waals surface area contributed by atoms with E-state index in [0.29, 0.717) is 12.0 Å².